The van der Waals surface area contributed by atoms with E-state index in [9.17, 15) is 4.79 Å². The molecule has 0 aliphatic rings. The summed E-state index contributed by atoms with van der Waals surface area (Å²) in [4.78, 5) is 13.1. The van der Waals surface area contributed by atoms with E-state index >= 15 is 0 Å². The number of hydrogen-bond donors (Lipinski definition) is 1. The third-order valence-corrected chi connectivity index (χ3v) is 4.41. The van der Waals surface area contributed by atoms with Gasteiger partial charge in [0.05, 0.1) is 13.7 Å². The van der Waals surface area contributed by atoms with Crippen LogP contribution < -0.4 is 10.1 Å². The number of rotatable bonds is 4. The molecule has 0 unspecified atom stereocenters. The molecule has 0 saturated carbocycles. The van der Waals surface area contributed by atoms with E-state index in [4.69, 9.17) is 4.74 Å². The highest BCUT2D eigenvalue weighted by molar-refractivity contribution is 9.10. The van der Waals surface area contributed by atoms with Crippen molar-refractivity contribution in [1.82, 2.24) is 5.32 Å². The van der Waals surface area contributed by atoms with Crippen LogP contribution >= 0.6 is 27.3 Å². The van der Waals surface area contributed by atoms with Crippen molar-refractivity contribution in [2.45, 2.75) is 13.5 Å². The Hall–Kier alpha value is -1.33. The number of ether oxygens (including phenoxy) is 1. The van der Waals surface area contributed by atoms with E-state index in [1.165, 1.54) is 0 Å². The van der Waals surface area contributed by atoms with Crippen LogP contribution in [0.25, 0.3) is 0 Å². The van der Waals surface area contributed by atoms with Gasteiger partial charge in [0.15, 0.2) is 0 Å². The second-order valence-electron chi connectivity index (χ2n) is 4.10. The summed E-state index contributed by atoms with van der Waals surface area (Å²) in [7, 11) is 1.60. The first-order chi connectivity index (χ1) is 9.10. The monoisotopic (exact) mass is 339 g/mol. The summed E-state index contributed by atoms with van der Waals surface area (Å²) in [6, 6.07) is 7.45. The van der Waals surface area contributed by atoms with E-state index in [1.54, 1.807) is 30.6 Å². The third-order valence-electron chi connectivity index (χ3n) is 2.72. The summed E-state index contributed by atoms with van der Waals surface area (Å²) in [5, 5.41) is 4.89. The number of carbonyl (C=O) groups is 1. The smallest absolute Gasteiger partial charge is 0.251 e. The van der Waals surface area contributed by atoms with E-state index in [0.717, 1.165) is 20.7 Å². The molecule has 0 atom stereocenters. The summed E-state index contributed by atoms with van der Waals surface area (Å²) in [5.41, 5.74) is 1.62. The molecule has 3 nitrogen and oxygen atoms in total. The van der Waals surface area contributed by atoms with E-state index < -0.39 is 0 Å². The maximum atomic E-state index is 12.0. The number of nitrogens with one attached hydrogen (secondary N) is 1. The van der Waals surface area contributed by atoms with Crippen LogP contribution in [0.15, 0.2) is 34.1 Å². The predicted molar refractivity (Wildman–Crippen MR) is 80.9 cm³/mol. The second kappa shape index (κ2) is 6.21. The Morgan fingerprint density at radius 1 is 1.42 bits per heavy atom. The molecule has 2 rings (SSSR count). The van der Waals surface area contributed by atoms with Crippen molar-refractivity contribution in [3.05, 3.63) is 50.1 Å². The fraction of sp³-hybridized carbons (Fsp3) is 0.214. The second-order valence-corrected chi connectivity index (χ2v) is 6.01. The van der Waals surface area contributed by atoms with E-state index in [-0.39, 0.29) is 5.91 Å². The van der Waals surface area contributed by atoms with E-state index in [1.807, 2.05) is 24.4 Å². The Morgan fingerprint density at radius 3 is 2.84 bits per heavy atom. The molecular weight excluding hydrogens is 326 g/mol. The van der Waals surface area contributed by atoms with Crippen molar-refractivity contribution < 1.29 is 9.53 Å². The van der Waals surface area contributed by atoms with Gasteiger partial charge in [-0.15, -0.1) is 11.3 Å². The van der Waals surface area contributed by atoms with Gasteiger partial charge in [-0.1, -0.05) is 6.07 Å². The average Bonchev–Trinajstić information content (AvgIpc) is 2.82. The highest BCUT2D eigenvalue weighted by atomic mass is 79.9. The maximum Gasteiger partial charge on any atom is 0.251 e. The molecule has 19 heavy (non-hydrogen) atoms. The molecule has 1 N–H and O–H groups in total. The normalized spacial score (nSPS) is 10.3. The molecule has 5 heteroatoms. The summed E-state index contributed by atoms with van der Waals surface area (Å²) in [6.45, 7) is 2.48. The Labute approximate surface area is 124 Å². The summed E-state index contributed by atoms with van der Waals surface area (Å²) >= 11 is 5.00. The molecule has 0 radical (unpaired) electrons. The number of hydrogen-bond acceptors (Lipinski definition) is 3. The molecule has 0 aliphatic heterocycles. The summed E-state index contributed by atoms with van der Waals surface area (Å²) < 4.78 is 6.26. The quantitative estimate of drug-likeness (QED) is 0.920. The van der Waals surface area contributed by atoms with Gasteiger partial charge in [-0.25, -0.2) is 0 Å². The molecule has 0 spiro atoms. The molecule has 2 aromatic rings. The predicted octanol–water partition coefficient (Wildman–Crippen LogP) is 3.76. The summed E-state index contributed by atoms with van der Waals surface area (Å²) in [5.74, 6) is 0.634. The molecule has 100 valence electrons. The van der Waals surface area contributed by atoms with E-state index in [2.05, 4.69) is 21.2 Å². The van der Waals surface area contributed by atoms with E-state index in [0.29, 0.717) is 12.1 Å². The molecular formula is C14H14BrNO2S. The lowest BCUT2D eigenvalue weighted by molar-refractivity contribution is 0.0951. The Balaban J connectivity index is 2.03. The molecule has 1 heterocycles. The number of methoxy groups -OCH3 is 1. The molecule has 1 aromatic heterocycles. The van der Waals surface area contributed by atoms with Gasteiger partial charge in [-0.05, 0) is 46.6 Å². The van der Waals surface area contributed by atoms with Crippen LogP contribution in [0.5, 0.6) is 5.75 Å². The minimum atomic E-state index is -0.0946. The van der Waals surface area contributed by atoms with Gasteiger partial charge in [0.2, 0.25) is 0 Å². The lowest BCUT2D eigenvalue weighted by atomic mass is 10.1. The zero-order valence-corrected chi connectivity index (χ0v) is 13.1. The van der Waals surface area contributed by atoms with Gasteiger partial charge in [-0.2, -0.15) is 0 Å². The van der Waals surface area contributed by atoms with Gasteiger partial charge in [0.1, 0.15) is 5.75 Å². The minimum Gasteiger partial charge on any atom is -0.496 e. The topological polar surface area (TPSA) is 38.3 Å². The molecule has 0 fully saturated rings. The number of benzene rings is 1. The Bertz CT molecular complexity index is 595. The first kappa shape index (κ1) is 14.1. The van der Waals surface area contributed by atoms with Crippen molar-refractivity contribution in [1.29, 1.82) is 0 Å². The Kier molecular flexibility index (Phi) is 4.61. The largest absolute Gasteiger partial charge is 0.496 e. The zero-order valence-electron chi connectivity index (χ0n) is 10.7. The number of aryl methyl sites for hydroxylation is 1. The van der Waals surface area contributed by atoms with Gasteiger partial charge >= 0.3 is 0 Å². The molecule has 1 amide bonds. The molecule has 0 saturated heterocycles. The van der Waals surface area contributed by atoms with Crippen LogP contribution in [-0.4, -0.2) is 13.0 Å². The van der Waals surface area contributed by atoms with Crippen LogP contribution in [0.1, 0.15) is 20.8 Å². The SMILES string of the molecule is COc1cc(C(=O)NCc2cc(Br)cs2)ccc1C. The highest BCUT2D eigenvalue weighted by Gasteiger charge is 2.08. The maximum absolute atomic E-state index is 12.0. The number of carbonyl (C=O) groups excluding carboxylic acids is 1. The number of amides is 1. The van der Waals surface area contributed by atoms with Crippen molar-refractivity contribution in [3.63, 3.8) is 0 Å². The molecule has 0 aliphatic carbocycles. The van der Waals surface area contributed by atoms with Gasteiger partial charge < -0.3 is 10.1 Å². The minimum absolute atomic E-state index is 0.0946. The van der Waals surface area contributed by atoms with Crippen LogP contribution in [0.2, 0.25) is 0 Å². The van der Waals surface area contributed by atoms with Crippen LogP contribution in [0.4, 0.5) is 0 Å². The Morgan fingerprint density at radius 2 is 2.21 bits per heavy atom. The molecule has 1 aromatic carbocycles. The van der Waals surface area contributed by atoms with Gasteiger partial charge in [-0.3, -0.25) is 4.79 Å². The lowest BCUT2D eigenvalue weighted by Crippen LogP contribution is -2.22. The van der Waals surface area contributed by atoms with Crippen LogP contribution in [-0.2, 0) is 6.54 Å². The van der Waals surface area contributed by atoms with Gasteiger partial charge in [0, 0.05) is 20.3 Å². The first-order valence-corrected chi connectivity index (χ1v) is 7.43. The highest BCUT2D eigenvalue weighted by Crippen LogP contribution is 2.21. The lowest BCUT2D eigenvalue weighted by Gasteiger charge is -2.08. The summed E-state index contributed by atoms with van der Waals surface area (Å²) in [6.07, 6.45) is 0. The third kappa shape index (κ3) is 3.58. The van der Waals surface area contributed by atoms with Crippen molar-refractivity contribution in [3.8, 4) is 5.75 Å². The van der Waals surface area contributed by atoms with Gasteiger partial charge in [0.25, 0.3) is 5.91 Å². The van der Waals surface area contributed by atoms with Crippen molar-refractivity contribution >= 4 is 33.2 Å². The number of halogens is 1. The first-order valence-electron chi connectivity index (χ1n) is 5.76. The fourth-order valence-corrected chi connectivity index (χ4v) is 3.07. The molecule has 0 bridgehead atoms. The van der Waals surface area contributed by atoms with Crippen molar-refractivity contribution in [2.75, 3.05) is 7.11 Å². The van der Waals surface area contributed by atoms with Crippen LogP contribution in [0, 0.1) is 6.92 Å². The fourth-order valence-electron chi connectivity index (χ4n) is 1.68. The standard InChI is InChI=1S/C14H14BrNO2S/c1-9-3-4-10(5-13(9)18-2)14(17)16-7-12-6-11(15)8-19-12/h3-6,8H,7H2,1-2H3,(H,16,17). The average molecular weight is 340 g/mol. The van der Waals surface area contributed by atoms with Crippen molar-refractivity contribution in [2.24, 2.45) is 0 Å². The van der Waals surface area contributed by atoms with Crippen LogP contribution in [0.3, 0.4) is 0 Å². The zero-order chi connectivity index (χ0) is 13.8. The number of thiophene rings is 1.